The molecule has 0 radical (unpaired) electrons. The molecule has 13 heteroatoms. The second kappa shape index (κ2) is 14.8. The predicted octanol–water partition coefficient (Wildman–Crippen LogP) is 3.30. The molecule has 4 N–H and O–H groups in total. The van der Waals surface area contributed by atoms with Crippen LogP contribution in [0.25, 0.3) is 11.1 Å². The minimum atomic E-state index is -4.14. The molecule has 3 aromatic carbocycles. The first-order chi connectivity index (χ1) is 21.9. The van der Waals surface area contributed by atoms with Gasteiger partial charge in [0.05, 0.1) is 17.5 Å². The number of rotatable bonds is 13. The Balaban J connectivity index is 1.55. The van der Waals surface area contributed by atoms with Gasteiger partial charge in [0.25, 0.3) is 15.9 Å². The van der Waals surface area contributed by atoms with Gasteiger partial charge in [-0.1, -0.05) is 86.1 Å². The molecule has 242 valence electrons. The van der Waals surface area contributed by atoms with E-state index in [0.29, 0.717) is 24.1 Å². The first-order valence-electron chi connectivity index (χ1n) is 14.6. The molecule has 3 amide bonds. The first kappa shape index (κ1) is 33.9. The maximum absolute atomic E-state index is 13.2. The van der Waals surface area contributed by atoms with Gasteiger partial charge in [-0.05, 0) is 41.7 Å². The number of aliphatic hydroxyl groups excluding tert-OH is 1. The lowest BCUT2D eigenvalue weighted by atomic mass is 10.0. The third-order valence-corrected chi connectivity index (χ3v) is 8.63. The van der Waals surface area contributed by atoms with Gasteiger partial charge < -0.3 is 20.4 Å². The number of aliphatic hydroxyl groups is 1. The molecule has 46 heavy (non-hydrogen) atoms. The van der Waals surface area contributed by atoms with Crippen molar-refractivity contribution in [2.24, 2.45) is 0 Å². The van der Waals surface area contributed by atoms with Crippen LogP contribution < -0.4 is 10.0 Å². The van der Waals surface area contributed by atoms with Crippen molar-refractivity contribution in [3.63, 3.8) is 0 Å². The number of hydrogen-bond acceptors (Lipinski definition) is 7. The Kier molecular flexibility index (Phi) is 10.9. The molecule has 1 heterocycles. The molecular weight excluding hydrogens is 610 g/mol. The number of carbonyl (C=O) groups is 3. The van der Waals surface area contributed by atoms with Crippen molar-refractivity contribution in [3.8, 4) is 11.1 Å². The summed E-state index contributed by atoms with van der Waals surface area (Å²) in [5.74, 6) is -2.05. The van der Waals surface area contributed by atoms with Gasteiger partial charge in [0, 0.05) is 25.4 Å². The van der Waals surface area contributed by atoms with Crippen molar-refractivity contribution in [3.05, 3.63) is 107 Å². The molecule has 0 bridgehead atoms. The number of aromatic nitrogens is 2. The maximum Gasteiger partial charge on any atom is 0.334 e. The zero-order valence-corrected chi connectivity index (χ0v) is 26.6. The Morgan fingerprint density at radius 2 is 1.59 bits per heavy atom. The zero-order chi connectivity index (χ0) is 33.4. The Labute approximate surface area is 267 Å². The fraction of sp³-hybridized carbons (Fsp3) is 0.273. The van der Waals surface area contributed by atoms with Gasteiger partial charge in [-0.3, -0.25) is 9.48 Å². The summed E-state index contributed by atoms with van der Waals surface area (Å²) in [5, 5.41) is 26.9. The molecule has 12 nitrogen and oxygen atoms in total. The van der Waals surface area contributed by atoms with E-state index in [1.165, 1.54) is 20.2 Å². The lowest BCUT2D eigenvalue weighted by molar-refractivity contribution is -0.148. The smallest absolute Gasteiger partial charge is 0.334 e. The quantitative estimate of drug-likeness (QED) is 0.171. The topological polar surface area (TPSA) is 171 Å². The summed E-state index contributed by atoms with van der Waals surface area (Å²) in [4.78, 5) is 38.0. The van der Waals surface area contributed by atoms with Crippen molar-refractivity contribution in [1.29, 1.82) is 0 Å². The van der Waals surface area contributed by atoms with E-state index in [0.717, 1.165) is 28.1 Å². The minimum Gasteiger partial charge on any atom is -0.479 e. The van der Waals surface area contributed by atoms with Crippen molar-refractivity contribution in [2.75, 3.05) is 14.1 Å². The van der Waals surface area contributed by atoms with Crippen LogP contribution in [0.2, 0.25) is 0 Å². The van der Waals surface area contributed by atoms with E-state index in [1.54, 1.807) is 65.3 Å². The second-order valence-corrected chi connectivity index (χ2v) is 12.6. The molecule has 4 aromatic rings. The zero-order valence-electron chi connectivity index (χ0n) is 25.8. The molecule has 4 rings (SSSR count). The van der Waals surface area contributed by atoms with E-state index in [-0.39, 0.29) is 17.0 Å². The normalized spacial score (nSPS) is 12.6. The standard InChI is InChI=1S/C33H37N5O7S/c1-4-10-25-20-28(31(40)34-27(30(39)32(41)42)19-22-11-6-5-7-12-22)35-38(25)21-23-15-17-24(18-16-23)26-13-8-9-14-29(26)46(44,45)36-33(43)37(2)3/h5-9,11-18,20,27,30,39H,4,10,19,21H2,1-3H3,(H,34,40)(H,36,43)(H,41,42)/t27-,30-/m1/s1. The average molecular weight is 648 g/mol. The van der Waals surface area contributed by atoms with Crippen molar-refractivity contribution >= 4 is 27.9 Å². The summed E-state index contributed by atoms with van der Waals surface area (Å²) >= 11 is 0. The van der Waals surface area contributed by atoms with Crippen LogP contribution in [0.1, 0.15) is 40.7 Å². The van der Waals surface area contributed by atoms with Crippen LogP contribution in [0.15, 0.2) is 89.8 Å². The maximum atomic E-state index is 13.2. The number of carboxylic acid groups (broad SMARTS) is 1. The number of carbonyl (C=O) groups excluding carboxylic acids is 2. The number of sulfonamides is 1. The van der Waals surface area contributed by atoms with E-state index < -0.39 is 40.1 Å². The van der Waals surface area contributed by atoms with E-state index >= 15 is 0 Å². The highest BCUT2D eigenvalue weighted by atomic mass is 32.2. The molecular formula is C33H37N5O7S. The van der Waals surface area contributed by atoms with Crippen LogP contribution in [-0.4, -0.2) is 77.5 Å². The summed E-state index contributed by atoms with van der Waals surface area (Å²) < 4.78 is 29.7. The lowest BCUT2D eigenvalue weighted by Crippen LogP contribution is -2.48. The van der Waals surface area contributed by atoms with E-state index in [1.807, 2.05) is 25.1 Å². The largest absolute Gasteiger partial charge is 0.479 e. The fourth-order valence-electron chi connectivity index (χ4n) is 4.85. The molecule has 0 saturated carbocycles. The van der Waals surface area contributed by atoms with Crippen molar-refractivity contribution < 1.29 is 33.0 Å². The monoisotopic (exact) mass is 647 g/mol. The van der Waals surface area contributed by atoms with Gasteiger partial charge in [-0.2, -0.15) is 5.10 Å². The van der Waals surface area contributed by atoms with E-state index in [9.17, 15) is 33.0 Å². The van der Waals surface area contributed by atoms with Crippen LogP contribution in [0.4, 0.5) is 4.79 Å². The number of nitrogens with one attached hydrogen (secondary N) is 2. The van der Waals surface area contributed by atoms with E-state index in [4.69, 9.17) is 0 Å². The van der Waals surface area contributed by atoms with Gasteiger partial charge in [-0.15, -0.1) is 0 Å². The molecule has 2 atom stereocenters. The molecule has 1 aromatic heterocycles. The van der Waals surface area contributed by atoms with Gasteiger partial charge in [0.15, 0.2) is 6.10 Å². The van der Waals surface area contributed by atoms with E-state index in [2.05, 4.69) is 15.1 Å². The molecule has 0 aliphatic carbocycles. The third-order valence-electron chi connectivity index (χ3n) is 7.25. The summed E-state index contributed by atoms with van der Waals surface area (Å²) in [6, 6.07) is 22.4. The lowest BCUT2D eigenvalue weighted by Gasteiger charge is -2.21. The van der Waals surface area contributed by atoms with Crippen LogP contribution in [0.3, 0.4) is 0 Å². The summed E-state index contributed by atoms with van der Waals surface area (Å²) in [7, 11) is -1.24. The van der Waals surface area contributed by atoms with Gasteiger partial charge in [0.1, 0.15) is 5.69 Å². The van der Waals surface area contributed by atoms with Crippen LogP contribution >= 0.6 is 0 Å². The average Bonchev–Trinajstić information content (AvgIpc) is 3.43. The van der Waals surface area contributed by atoms with Crippen molar-refractivity contribution in [2.45, 2.75) is 49.8 Å². The number of aryl methyl sites for hydroxylation is 1. The Bertz CT molecular complexity index is 1790. The minimum absolute atomic E-state index is 0.0375. The number of hydrogen-bond donors (Lipinski definition) is 4. The molecule has 0 aliphatic heterocycles. The summed E-state index contributed by atoms with van der Waals surface area (Å²) in [5.41, 5.74) is 3.52. The van der Waals surface area contributed by atoms with Crippen LogP contribution in [-0.2, 0) is 34.2 Å². The van der Waals surface area contributed by atoms with Gasteiger partial charge >= 0.3 is 12.0 Å². The first-order valence-corrected chi connectivity index (χ1v) is 16.1. The number of nitrogens with zero attached hydrogens (tertiary/aromatic N) is 3. The highest BCUT2D eigenvalue weighted by molar-refractivity contribution is 7.90. The van der Waals surface area contributed by atoms with Crippen LogP contribution in [0, 0.1) is 0 Å². The number of carboxylic acids is 1. The molecule has 0 aliphatic rings. The summed E-state index contributed by atoms with van der Waals surface area (Å²) in [6.45, 7) is 2.31. The Morgan fingerprint density at radius 1 is 0.935 bits per heavy atom. The Hall–Kier alpha value is -5.01. The number of amides is 3. The second-order valence-electron chi connectivity index (χ2n) is 11.0. The highest BCUT2D eigenvalue weighted by Crippen LogP contribution is 2.28. The molecule has 0 unspecified atom stereocenters. The Morgan fingerprint density at radius 3 is 2.22 bits per heavy atom. The summed E-state index contributed by atoms with van der Waals surface area (Å²) in [6.07, 6.45) is -0.283. The van der Waals surface area contributed by atoms with Crippen LogP contribution in [0.5, 0.6) is 0 Å². The fourth-order valence-corrected chi connectivity index (χ4v) is 6.10. The molecule has 0 spiro atoms. The number of benzene rings is 3. The van der Waals surface area contributed by atoms with Gasteiger partial charge in [-0.25, -0.2) is 22.7 Å². The molecule has 0 fully saturated rings. The SMILES string of the molecule is CCCc1cc(C(=O)N[C@H](Cc2ccccc2)[C@@H](O)C(=O)O)nn1Cc1ccc(-c2ccccc2S(=O)(=O)NC(=O)N(C)C)cc1. The number of urea groups is 1. The van der Waals surface area contributed by atoms with Gasteiger partial charge in [0.2, 0.25) is 0 Å². The highest BCUT2D eigenvalue weighted by Gasteiger charge is 2.29. The molecule has 0 saturated heterocycles. The third kappa shape index (κ3) is 8.37. The van der Waals surface area contributed by atoms with Crippen molar-refractivity contribution in [1.82, 2.24) is 24.7 Å². The predicted molar refractivity (Wildman–Crippen MR) is 172 cm³/mol. The number of aliphatic carboxylic acids is 1.